The smallest absolute Gasteiger partial charge is 0.165 e. The van der Waals surface area contributed by atoms with E-state index < -0.39 is 0 Å². The topological polar surface area (TPSA) is 22.0 Å². The fourth-order valence-corrected chi connectivity index (χ4v) is 3.82. The second kappa shape index (κ2) is 5.73. The van der Waals surface area contributed by atoms with Gasteiger partial charge in [-0.3, -0.25) is 4.79 Å². The largest absolute Gasteiger partial charge is 0.313 e. The van der Waals surface area contributed by atoms with E-state index in [-0.39, 0.29) is 11.2 Å². The van der Waals surface area contributed by atoms with E-state index in [0.29, 0.717) is 6.42 Å². The van der Waals surface area contributed by atoms with Gasteiger partial charge in [-0.05, 0) is 42.5 Å². The summed E-state index contributed by atoms with van der Waals surface area (Å²) in [6.07, 6.45) is 1.53. The Morgan fingerprint density at radius 1 is 0.920 bits per heavy atom. The molecule has 0 aliphatic heterocycles. The van der Waals surface area contributed by atoms with Crippen LogP contribution in [0.3, 0.4) is 0 Å². The van der Waals surface area contributed by atoms with Gasteiger partial charge in [0, 0.05) is 23.4 Å². The van der Waals surface area contributed by atoms with Crippen LogP contribution in [0.2, 0.25) is 0 Å². The number of carbonyl (C=O) groups excluding carboxylic acids is 1. The van der Waals surface area contributed by atoms with Crippen LogP contribution in [0, 0.1) is 12.3 Å². The van der Waals surface area contributed by atoms with E-state index in [0.717, 1.165) is 34.6 Å². The predicted octanol–water partition coefficient (Wildman–Crippen LogP) is 5.61. The van der Waals surface area contributed by atoms with Crippen LogP contribution in [0.1, 0.15) is 41.9 Å². The third-order valence-corrected chi connectivity index (χ3v) is 5.05. The van der Waals surface area contributed by atoms with E-state index in [1.165, 1.54) is 5.56 Å². The molecule has 4 rings (SSSR count). The second-order valence-electron chi connectivity index (χ2n) is 7.87. The lowest BCUT2D eigenvalue weighted by Crippen LogP contribution is -2.27. The van der Waals surface area contributed by atoms with Gasteiger partial charge < -0.3 is 4.57 Å². The zero-order chi connectivity index (χ0) is 17.6. The van der Waals surface area contributed by atoms with E-state index >= 15 is 0 Å². The summed E-state index contributed by atoms with van der Waals surface area (Å²) in [6.45, 7) is 6.46. The van der Waals surface area contributed by atoms with E-state index in [1.807, 2.05) is 6.07 Å². The van der Waals surface area contributed by atoms with Crippen molar-refractivity contribution in [3.63, 3.8) is 0 Å². The predicted molar refractivity (Wildman–Crippen MR) is 102 cm³/mol. The monoisotopic (exact) mass is 329 g/mol. The van der Waals surface area contributed by atoms with Crippen molar-refractivity contribution < 1.29 is 4.79 Å². The Balaban J connectivity index is 1.99. The third-order valence-electron chi connectivity index (χ3n) is 5.05. The molecule has 0 unspecified atom stereocenters. The van der Waals surface area contributed by atoms with Crippen molar-refractivity contribution in [1.82, 2.24) is 4.57 Å². The Morgan fingerprint density at radius 2 is 1.60 bits per heavy atom. The summed E-state index contributed by atoms with van der Waals surface area (Å²) in [4.78, 5) is 12.8. The van der Waals surface area contributed by atoms with E-state index in [4.69, 9.17) is 0 Å². The maximum Gasteiger partial charge on any atom is 0.165 e. The maximum absolute atomic E-state index is 12.8. The van der Waals surface area contributed by atoms with Crippen LogP contribution < -0.4 is 0 Å². The van der Waals surface area contributed by atoms with Crippen LogP contribution in [0.5, 0.6) is 0 Å². The number of nitrogens with zero attached hydrogens (tertiary/aromatic N) is 1. The molecule has 0 saturated carbocycles. The Morgan fingerprint density at radius 3 is 2.28 bits per heavy atom. The quantitative estimate of drug-likeness (QED) is 0.599. The lowest BCUT2D eigenvalue weighted by Gasteiger charge is -2.30. The lowest BCUT2D eigenvalue weighted by atomic mass is 9.76. The second-order valence-corrected chi connectivity index (χ2v) is 7.87. The number of hydrogen-bond acceptors (Lipinski definition) is 1. The van der Waals surface area contributed by atoms with E-state index in [9.17, 15) is 4.79 Å². The van der Waals surface area contributed by atoms with Crippen molar-refractivity contribution in [3.8, 4) is 16.9 Å². The van der Waals surface area contributed by atoms with Gasteiger partial charge >= 0.3 is 0 Å². The van der Waals surface area contributed by atoms with Crippen LogP contribution in [0.15, 0.2) is 60.7 Å². The zero-order valence-electron chi connectivity index (χ0n) is 15.0. The van der Waals surface area contributed by atoms with E-state index in [1.54, 1.807) is 0 Å². The number of para-hydroxylation sites is 1. The van der Waals surface area contributed by atoms with Gasteiger partial charge in [-0.25, -0.2) is 0 Å². The van der Waals surface area contributed by atoms with Crippen LogP contribution in [-0.4, -0.2) is 10.4 Å². The van der Waals surface area contributed by atoms with Gasteiger partial charge in [-0.2, -0.15) is 0 Å². The average Bonchev–Trinajstić information content (AvgIpc) is 2.94. The van der Waals surface area contributed by atoms with Crippen LogP contribution in [0.25, 0.3) is 16.9 Å². The molecular formula is C23H23NO. The Bertz CT molecular complexity index is 930. The molecule has 1 aromatic heterocycles. The number of benzene rings is 2. The lowest BCUT2D eigenvalue weighted by molar-refractivity contribution is 0.0911. The van der Waals surface area contributed by atoms with Crippen molar-refractivity contribution in [2.45, 2.75) is 33.6 Å². The molecule has 25 heavy (non-hydrogen) atoms. The number of carbonyl (C=O) groups is 1. The SMILES string of the molecule is Cc1ccc(-c2cc3c(n2-c2ccccc2)CC(C)(C)CC3=O)cc1. The Hall–Kier alpha value is -2.61. The first-order valence-electron chi connectivity index (χ1n) is 8.85. The molecule has 2 aromatic carbocycles. The molecule has 1 aliphatic rings. The molecule has 0 atom stereocenters. The Labute approximate surface area is 149 Å². The fourth-order valence-electron chi connectivity index (χ4n) is 3.82. The number of aryl methyl sites for hydroxylation is 1. The molecule has 3 aromatic rings. The van der Waals surface area contributed by atoms with Crippen LogP contribution in [0.4, 0.5) is 0 Å². The van der Waals surface area contributed by atoms with Gasteiger partial charge in [0.1, 0.15) is 0 Å². The average molecular weight is 329 g/mol. The molecule has 0 amide bonds. The van der Waals surface area contributed by atoms with Crippen molar-refractivity contribution in [2.24, 2.45) is 5.41 Å². The van der Waals surface area contributed by atoms with Crippen molar-refractivity contribution in [3.05, 3.63) is 77.5 Å². The fraction of sp³-hybridized carbons (Fsp3) is 0.261. The van der Waals surface area contributed by atoms with Crippen molar-refractivity contribution in [1.29, 1.82) is 0 Å². The van der Waals surface area contributed by atoms with Gasteiger partial charge in [0.2, 0.25) is 0 Å². The third kappa shape index (κ3) is 2.82. The molecule has 126 valence electrons. The van der Waals surface area contributed by atoms with Gasteiger partial charge in [0.05, 0.1) is 5.69 Å². The minimum absolute atomic E-state index is 0.000483. The highest BCUT2D eigenvalue weighted by molar-refractivity contribution is 6.00. The molecular weight excluding hydrogens is 306 g/mol. The summed E-state index contributed by atoms with van der Waals surface area (Å²) >= 11 is 0. The van der Waals surface area contributed by atoms with Crippen LogP contribution >= 0.6 is 0 Å². The highest BCUT2D eigenvalue weighted by atomic mass is 16.1. The molecule has 2 heteroatoms. The standard InChI is InChI=1S/C23H23NO/c1-16-9-11-17(12-10-16)20-13-19-21(14-23(2,3)15-22(19)25)24(20)18-7-5-4-6-8-18/h4-13H,14-15H2,1-3H3. The molecule has 0 radical (unpaired) electrons. The van der Waals surface area contributed by atoms with Gasteiger partial charge in [-0.15, -0.1) is 0 Å². The number of rotatable bonds is 2. The molecule has 1 aliphatic carbocycles. The first kappa shape index (κ1) is 15.9. The molecule has 0 bridgehead atoms. The number of ketones is 1. The number of hydrogen-bond donors (Lipinski definition) is 0. The number of fused-ring (bicyclic) bond motifs is 1. The minimum atomic E-state index is -0.000483. The normalized spacial score (nSPS) is 15.9. The summed E-state index contributed by atoms with van der Waals surface area (Å²) in [6, 6.07) is 21.0. The molecule has 2 nitrogen and oxygen atoms in total. The maximum atomic E-state index is 12.8. The van der Waals surface area contributed by atoms with Crippen molar-refractivity contribution in [2.75, 3.05) is 0 Å². The molecule has 0 saturated heterocycles. The molecule has 1 heterocycles. The van der Waals surface area contributed by atoms with E-state index in [2.05, 4.69) is 79.9 Å². The highest BCUT2D eigenvalue weighted by Gasteiger charge is 2.34. The van der Waals surface area contributed by atoms with Gasteiger partial charge in [0.15, 0.2) is 5.78 Å². The number of aromatic nitrogens is 1. The first-order valence-corrected chi connectivity index (χ1v) is 8.85. The summed E-state index contributed by atoms with van der Waals surface area (Å²) in [5.41, 5.74) is 6.63. The summed E-state index contributed by atoms with van der Waals surface area (Å²) in [5.74, 6) is 0.259. The number of Topliss-reactive ketones (excluding diaryl/α,β-unsaturated/α-hetero) is 1. The summed E-state index contributed by atoms with van der Waals surface area (Å²) < 4.78 is 2.28. The summed E-state index contributed by atoms with van der Waals surface area (Å²) in [5, 5.41) is 0. The Kier molecular flexibility index (Phi) is 3.64. The molecule has 0 spiro atoms. The zero-order valence-corrected chi connectivity index (χ0v) is 15.0. The van der Waals surface area contributed by atoms with Gasteiger partial charge in [-0.1, -0.05) is 61.9 Å². The first-order chi connectivity index (χ1) is 11.9. The minimum Gasteiger partial charge on any atom is -0.313 e. The van der Waals surface area contributed by atoms with Crippen LogP contribution in [-0.2, 0) is 6.42 Å². The van der Waals surface area contributed by atoms with Gasteiger partial charge in [0.25, 0.3) is 0 Å². The molecule has 0 N–H and O–H groups in total. The highest BCUT2D eigenvalue weighted by Crippen LogP contribution is 2.40. The summed E-state index contributed by atoms with van der Waals surface area (Å²) in [7, 11) is 0. The molecule has 0 fully saturated rings. The van der Waals surface area contributed by atoms with Crippen molar-refractivity contribution >= 4 is 5.78 Å².